The minimum atomic E-state index is -4.45. The smallest absolute Gasteiger partial charge is 0.310 e. The summed E-state index contributed by atoms with van der Waals surface area (Å²) in [5, 5.41) is 2.30. The summed E-state index contributed by atoms with van der Waals surface area (Å²) >= 11 is 0.565. The number of hydrogen-bond acceptors (Lipinski definition) is 3. The minimum Gasteiger partial charge on any atom is -0.310 e. The Balaban J connectivity index is 1.84. The molecule has 0 saturated heterocycles. The molecule has 2 nitrogen and oxygen atoms in total. The summed E-state index contributed by atoms with van der Waals surface area (Å²) in [6.07, 6.45) is -1.09. The van der Waals surface area contributed by atoms with Gasteiger partial charge >= 0.3 is 6.18 Å². The average molecular weight is 316 g/mol. The summed E-state index contributed by atoms with van der Waals surface area (Å²) in [6.45, 7) is 0.384. The number of hydrogen-bond donors (Lipinski definition) is 1. The van der Waals surface area contributed by atoms with Crippen LogP contribution in [0.4, 0.5) is 17.6 Å². The maximum Gasteiger partial charge on any atom is 0.443 e. The van der Waals surface area contributed by atoms with Crippen LogP contribution in [0.1, 0.15) is 23.4 Å². The van der Waals surface area contributed by atoms with Crippen molar-refractivity contribution < 1.29 is 17.6 Å². The lowest BCUT2D eigenvalue weighted by Gasteiger charge is -2.06. The van der Waals surface area contributed by atoms with Crippen LogP contribution in [-0.2, 0) is 12.7 Å². The quantitative estimate of drug-likeness (QED) is 0.854. The van der Waals surface area contributed by atoms with Gasteiger partial charge in [-0.05, 0) is 30.5 Å². The zero-order valence-corrected chi connectivity index (χ0v) is 11.7. The van der Waals surface area contributed by atoms with E-state index in [1.165, 1.54) is 18.3 Å². The van der Waals surface area contributed by atoms with Crippen LogP contribution >= 0.6 is 11.3 Å². The first-order valence-electron chi connectivity index (χ1n) is 6.48. The number of nitrogens with one attached hydrogen (secondary N) is 1. The van der Waals surface area contributed by atoms with Crippen LogP contribution in [-0.4, -0.2) is 11.0 Å². The Hall–Kier alpha value is -1.47. The molecule has 7 heteroatoms. The number of thiazole rings is 1. The van der Waals surface area contributed by atoms with Gasteiger partial charge in [0, 0.05) is 24.3 Å². The van der Waals surface area contributed by atoms with E-state index in [0.717, 1.165) is 12.8 Å². The van der Waals surface area contributed by atoms with E-state index < -0.39 is 11.2 Å². The predicted molar refractivity (Wildman–Crippen MR) is 72.4 cm³/mol. The number of alkyl halides is 3. The van der Waals surface area contributed by atoms with Crippen LogP contribution in [0.25, 0.3) is 10.4 Å². The largest absolute Gasteiger partial charge is 0.443 e. The van der Waals surface area contributed by atoms with Crippen molar-refractivity contribution in [1.29, 1.82) is 0 Å². The topological polar surface area (TPSA) is 24.9 Å². The first-order valence-corrected chi connectivity index (χ1v) is 7.30. The molecule has 0 aliphatic heterocycles. The van der Waals surface area contributed by atoms with Gasteiger partial charge in [-0.15, -0.1) is 11.3 Å². The molecule has 112 valence electrons. The maximum absolute atomic E-state index is 13.7. The minimum absolute atomic E-state index is 0.354. The van der Waals surface area contributed by atoms with E-state index in [-0.39, 0.29) is 5.82 Å². The first-order chi connectivity index (χ1) is 9.93. The molecule has 21 heavy (non-hydrogen) atoms. The van der Waals surface area contributed by atoms with E-state index in [4.69, 9.17) is 0 Å². The highest BCUT2D eigenvalue weighted by Crippen LogP contribution is 2.36. The number of nitrogens with zero attached hydrogens (tertiary/aromatic N) is 1. The van der Waals surface area contributed by atoms with Gasteiger partial charge in [-0.1, -0.05) is 6.07 Å². The molecule has 2 aromatic rings. The molecule has 1 aromatic heterocycles. The summed E-state index contributed by atoms with van der Waals surface area (Å²) in [5.41, 5.74) is 1.01. The zero-order valence-electron chi connectivity index (χ0n) is 10.9. The lowest BCUT2D eigenvalue weighted by atomic mass is 10.1. The van der Waals surface area contributed by atoms with Crippen LogP contribution in [0.15, 0.2) is 24.4 Å². The average Bonchev–Trinajstić information content (AvgIpc) is 3.10. The molecular formula is C14H12F4N2S. The van der Waals surface area contributed by atoms with Crippen LogP contribution < -0.4 is 5.32 Å². The third-order valence-corrected chi connectivity index (χ3v) is 4.33. The fourth-order valence-corrected chi connectivity index (χ4v) is 2.72. The Labute approximate surface area is 122 Å². The molecule has 1 aromatic carbocycles. The molecule has 1 N–H and O–H groups in total. The highest BCUT2D eigenvalue weighted by atomic mass is 32.1. The second kappa shape index (κ2) is 5.38. The van der Waals surface area contributed by atoms with Gasteiger partial charge in [0.15, 0.2) is 5.01 Å². The second-order valence-corrected chi connectivity index (χ2v) is 6.02. The first kappa shape index (κ1) is 14.5. The summed E-state index contributed by atoms with van der Waals surface area (Å²) in [5.74, 6) is -0.354. The van der Waals surface area contributed by atoms with Gasteiger partial charge in [0.1, 0.15) is 5.82 Å². The molecule has 0 amide bonds. The normalized spacial score (nSPS) is 15.4. The summed E-state index contributed by atoms with van der Waals surface area (Å²) in [7, 11) is 0. The van der Waals surface area contributed by atoms with E-state index in [2.05, 4.69) is 10.3 Å². The highest BCUT2D eigenvalue weighted by Gasteiger charge is 2.34. The number of benzene rings is 1. The van der Waals surface area contributed by atoms with Crippen molar-refractivity contribution in [2.45, 2.75) is 31.6 Å². The lowest BCUT2D eigenvalue weighted by Crippen LogP contribution is -2.16. The molecule has 1 fully saturated rings. The van der Waals surface area contributed by atoms with Gasteiger partial charge in [-0.3, -0.25) is 0 Å². The predicted octanol–water partition coefficient (Wildman–Crippen LogP) is 4.22. The number of halogens is 4. The molecule has 0 bridgehead atoms. The van der Waals surface area contributed by atoms with Crippen LogP contribution in [0.5, 0.6) is 0 Å². The Kier molecular flexibility index (Phi) is 3.71. The molecule has 1 saturated carbocycles. The monoisotopic (exact) mass is 316 g/mol. The Bertz CT molecular complexity index is 647. The molecule has 0 unspecified atom stereocenters. The standard InChI is InChI=1S/C14H12F4N2S/c15-11-4-1-8(5-9(11)6-19-10-2-3-10)12-7-20-13(21-12)14(16,17)18/h1,4-5,7,10,19H,2-3,6H2. The van der Waals surface area contributed by atoms with Crippen molar-refractivity contribution in [3.63, 3.8) is 0 Å². The van der Waals surface area contributed by atoms with Gasteiger partial charge in [-0.2, -0.15) is 13.2 Å². The summed E-state index contributed by atoms with van der Waals surface area (Å²) in [4.78, 5) is 3.77. The fraction of sp³-hybridized carbons (Fsp3) is 0.357. The molecule has 1 aliphatic rings. The lowest BCUT2D eigenvalue weighted by molar-refractivity contribution is -0.137. The SMILES string of the molecule is Fc1ccc(-c2cnc(C(F)(F)F)s2)cc1CNC1CC1. The van der Waals surface area contributed by atoms with Crippen molar-refractivity contribution in [2.75, 3.05) is 0 Å². The van der Waals surface area contributed by atoms with Gasteiger partial charge in [0.2, 0.25) is 0 Å². The summed E-state index contributed by atoms with van der Waals surface area (Å²) < 4.78 is 51.4. The van der Waals surface area contributed by atoms with E-state index in [1.54, 1.807) is 6.07 Å². The van der Waals surface area contributed by atoms with Crippen molar-refractivity contribution in [3.8, 4) is 10.4 Å². The van der Waals surface area contributed by atoms with Gasteiger partial charge in [0.25, 0.3) is 0 Å². The van der Waals surface area contributed by atoms with E-state index in [9.17, 15) is 17.6 Å². The van der Waals surface area contributed by atoms with Gasteiger partial charge in [0.05, 0.1) is 4.88 Å². The van der Waals surface area contributed by atoms with E-state index in [1.807, 2.05) is 0 Å². The molecule has 0 radical (unpaired) electrons. The Morgan fingerprint density at radius 1 is 1.29 bits per heavy atom. The van der Waals surface area contributed by atoms with Crippen LogP contribution in [0, 0.1) is 5.82 Å². The van der Waals surface area contributed by atoms with Crippen molar-refractivity contribution >= 4 is 11.3 Å². The fourth-order valence-electron chi connectivity index (χ4n) is 1.94. The van der Waals surface area contributed by atoms with Crippen molar-refractivity contribution in [1.82, 2.24) is 10.3 Å². The van der Waals surface area contributed by atoms with E-state index in [0.29, 0.717) is 39.9 Å². The van der Waals surface area contributed by atoms with E-state index >= 15 is 0 Å². The third kappa shape index (κ3) is 3.41. The van der Waals surface area contributed by atoms with Gasteiger partial charge in [-0.25, -0.2) is 9.37 Å². The molecule has 1 heterocycles. The Morgan fingerprint density at radius 2 is 2.05 bits per heavy atom. The summed E-state index contributed by atoms with van der Waals surface area (Å²) in [6, 6.07) is 4.78. The Morgan fingerprint density at radius 3 is 2.67 bits per heavy atom. The zero-order chi connectivity index (χ0) is 15.0. The number of rotatable bonds is 4. The van der Waals surface area contributed by atoms with Crippen molar-refractivity contribution in [3.05, 3.63) is 40.8 Å². The second-order valence-electron chi connectivity index (χ2n) is 4.99. The van der Waals surface area contributed by atoms with Crippen molar-refractivity contribution in [2.24, 2.45) is 0 Å². The van der Waals surface area contributed by atoms with Crippen LogP contribution in [0.2, 0.25) is 0 Å². The van der Waals surface area contributed by atoms with Crippen LogP contribution in [0.3, 0.4) is 0 Å². The molecule has 1 aliphatic carbocycles. The number of aromatic nitrogens is 1. The molecular weight excluding hydrogens is 304 g/mol. The van der Waals surface area contributed by atoms with Gasteiger partial charge < -0.3 is 5.32 Å². The third-order valence-electron chi connectivity index (χ3n) is 3.24. The highest BCUT2D eigenvalue weighted by molar-refractivity contribution is 7.15. The molecule has 0 atom stereocenters. The maximum atomic E-state index is 13.7. The molecule has 0 spiro atoms. The molecule has 3 rings (SSSR count).